The number of hydrogen-bond acceptors (Lipinski definition) is 1. The van der Waals surface area contributed by atoms with Gasteiger partial charge < -0.3 is 5.73 Å². The molecule has 2 fully saturated rings. The summed E-state index contributed by atoms with van der Waals surface area (Å²) in [6, 6.07) is 9.18. The summed E-state index contributed by atoms with van der Waals surface area (Å²) in [5.74, 6) is 1.56. The fourth-order valence-electron chi connectivity index (χ4n) is 2.96. The topological polar surface area (TPSA) is 26.0 Å². The van der Waals surface area contributed by atoms with Crippen LogP contribution < -0.4 is 5.73 Å². The maximum atomic E-state index is 6.42. The van der Waals surface area contributed by atoms with Crippen molar-refractivity contribution < 1.29 is 0 Å². The van der Waals surface area contributed by atoms with Crippen LogP contribution in [0.2, 0.25) is 0 Å². The van der Waals surface area contributed by atoms with Gasteiger partial charge in [0.1, 0.15) is 0 Å². The van der Waals surface area contributed by atoms with Gasteiger partial charge in [0.15, 0.2) is 0 Å². The van der Waals surface area contributed by atoms with Crippen LogP contribution >= 0.6 is 0 Å². The van der Waals surface area contributed by atoms with Gasteiger partial charge in [0.25, 0.3) is 0 Å². The quantitative estimate of drug-likeness (QED) is 0.816. The Bertz CT molecular complexity index is 363. The fraction of sp³-hybridized carbons (Fsp3) is 0.600. The number of hydrogen-bond donors (Lipinski definition) is 1. The summed E-state index contributed by atoms with van der Waals surface area (Å²) in [6.07, 6.45) is 8.19. The largest absolute Gasteiger partial charge is 0.324 e. The van der Waals surface area contributed by atoms with Crippen LogP contribution in [0.1, 0.15) is 61.6 Å². The third-order valence-electron chi connectivity index (χ3n) is 4.56. The van der Waals surface area contributed by atoms with E-state index in [-0.39, 0.29) is 0 Å². The van der Waals surface area contributed by atoms with Gasteiger partial charge in [-0.3, -0.25) is 0 Å². The number of benzene rings is 1. The first-order valence-electron chi connectivity index (χ1n) is 6.70. The normalized spacial score (nSPS) is 23.6. The highest BCUT2D eigenvalue weighted by atomic mass is 14.7. The fourth-order valence-corrected chi connectivity index (χ4v) is 2.96. The van der Waals surface area contributed by atoms with Crippen molar-refractivity contribution in [2.24, 2.45) is 11.7 Å². The lowest BCUT2D eigenvalue weighted by Crippen LogP contribution is -2.28. The van der Waals surface area contributed by atoms with Gasteiger partial charge in [-0.15, -0.1) is 0 Å². The van der Waals surface area contributed by atoms with Gasteiger partial charge in [0.2, 0.25) is 0 Å². The smallest absolute Gasteiger partial charge is 0.0326 e. The first-order chi connectivity index (χ1) is 7.86. The second kappa shape index (κ2) is 4.21. The zero-order valence-electron chi connectivity index (χ0n) is 9.86. The average molecular weight is 215 g/mol. The van der Waals surface area contributed by atoms with Crippen LogP contribution in [0, 0.1) is 5.92 Å². The van der Waals surface area contributed by atoms with Crippen molar-refractivity contribution in [1.29, 1.82) is 0 Å². The van der Waals surface area contributed by atoms with Crippen molar-refractivity contribution in [3.05, 3.63) is 35.4 Å². The Hall–Kier alpha value is -0.820. The van der Waals surface area contributed by atoms with E-state index in [0.717, 1.165) is 11.8 Å². The molecule has 0 bridgehead atoms. The second-order valence-electron chi connectivity index (χ2n) is 5.47. The van der Waals surface area contributed by atoms with Crippen molar-refractivity contribution >= 4 is 0 Å². The van der Waals surface area contributed by atoms with Crippen LogP contribution in [-0.4, -0.2) is 0 Å². The summed E-state index contributed by atoms with van der Waals surface area (Å²) < 4.78 is 0. The molecule has 1 aromatic carbocycles. The van der Waals surface area contributed by atoms with Gasteiger partial charge in [-0.05, 0) is 48.6 Å². The predicted octanol–water partition coefficient (Wildman–Crippen LogP) is 3.75. The lowest BCUT2D eigenvalue weighted by atomic mass is 9.72. The van der Waals surface area contributed by atoms with Crippen LogP contribution in [0.3, 0.4) is 0 Å². The highest BCUT2D eigenvalue weighted by molar-refractivity contribution is 5.34. The van der Waals surface area contributed by atoms with E-state index in [1.807, 2.05) is 0 Å². The van der Waals surface area contributed by atoms with Crippen molar-refractivity contribution in [2.75, 3.05) is 0 Å². The molecule has 2 saturated carbocycles. The Labute approximate surface area is 98.0 Å². The molecule has 0 spiro atoms. The van der Waals surface area contributed by atoms with Gasteiger partial charge in [0.05, 0.1) is 0 Å². The molecule has 0 amide bonds. The Balaban J connectivity index is 1.86. The van der Waals surface area contributed by atoms with Gasteiger partial charge in [-0.1, -0.05) is 37.1 Å². The minimum atomic E-state index is 0.297. The van der Waals surface area contributed by atoms with Crippen molar-refractivity contribution in [1.82, 2.24) is 0 Å². The van der Waals surface area contributed by atoms with Crippen LogP contribution in [0.5, 0.6) is 0 Å². The molecule has 1 unspecified atom stereocenters. The van der Waals surface area contributed by atoms with E-state index in [1.54, 1.807) is 5.56 Å². The molecule has 2 N–H and O–H groups in total. The SMILES string of the molecule is NC(c1ccccc1C1CCC1)C1CCC1. The summed E-state index contributed by atoms with van der Waals surface area (Å²) in [4.78, 5) is 0. The maximum absolute atomic E-state index is 6.42. The van der Waals surface area contributed by atoms with Crippen LogP contribution in [0.15, 0.2) is 24.3 Å². The standard InChI is InChI=1S/C15H21N/c16-15(12-7-4-8-12)14-10-2-1-9-13(14)11-5-3-6-11/h1-2,9-12,15H,3-8,16H2. The van der Waals surface area contributed by atoms with E-state index in [4.69, 9.17) is 5.73 Å². The lowest BCUT2D eigenvalue weighted by Gasteiger charge is -2.35. The maximum Gasteiger partial charge on any atom is 0.0326 e. The van der Waals surface area contributed by atoms with Gasteiger partial charge in [-0.2, -0.15) is 0 Å². The Morgan fingerprint density at radius 2 is 1.69 bits per heavy atom. The first-order valence-corrected chi connectivity index (χ1v) is 6.70. The molecule has 1 heteroatoms. The van der Waals surface area contributed by atoms with Crippen LogP contribution in [0.4, 0.5) is 0 Å². The molecule has 16 heavy (non-hydrogen) atoms. The number of rotatable bonds is 3. The predicted molar refractivity (Wildman–Crippen MR) is 67.3 cm³/mol. The highest BCUT2D eigenvalue weighted by Gasteiger charge is 2.29. The molecule has 0 heterocycles. The molecule has 3 rings (SSSR count). The van der Waals surface area contributed by atoms with Gasteiger partial charge >= 0.3 is 0 Å². The Kier molecular flexibility index (Phi) is 2.72. The number of nitrogens with two attached hydrogens (primary N) is 1. The zero-order chi connectivity index (χ0) is 11.0. The van der Waals surface area contributed by atoms with E-state index >= 15 is 0 Å². The van der Waals surface area contributed by atoms with E-state index in [9.17, 15) is 0 Å². The third-order valence-corrected chi connectivity index (χ3v) is 4.56. The zero-order valence-corrected chi connectivity index (χ0v) is 9.86. The minimum Gasteiger partial charge on any atom is -0.324 e. The van der Waals surface area contributed by atoms with Crippen LogP contribution in [0.25, 0.3) is 0 Å². The molecule has 2 aliphatic carbocycles. The summed E-state index contributed by atoms with van der Waals surface area (Å²) in [7, 11) is 0. The molecular weight excluding hydrogens is 194 g/mol. The third kappa shape index (κ3) is 1.67. The Morgan fingerprint density at radius 1 is 1.00 bits per heavy atom. The Morgan fingerprint density at radius 3 is 2.25 bits per heavy atom. The van der Waals surface area contributed by atoms with Crippen molar-refractivity contribution in [3.63, 3.8) is 0 Å². The van der Waals surface area contributed by atoms with E-state index in [0.29, 0.717) is 6.04 Å². The monoisotopic (exact) mass is 215 g/mol. The first kappa shape index (κ1) is 10.3. The molecular formula is C15H21N. The molecule has 0 aliphatic heterocycles. The highest BCUT2D eigenvalue weighted by Crippen LogP contribution is 2.43. The van der Waals surface area contributed by atoms with Gasteiger partial charge in [0, 0.05) is 6.04 Å². The van der Waals surface area contributed by atoms with Crippen LogP contribution in [-0.2, 0) is 0 Å². The van der Waals surface area contributed by atoms with Crippen molar-refractivity contribution in [3.8, 4) is 0 Å². The summed E-state index contributed by atoms with van der Waals surface area (Å²) in [5, 5.41) is 0. The molecule has 2 aliphatic rings. The molecule has 0 saturated heterocycles. The average Bonchev–Trinajstić information content (AvgIpc) is 2.13. The molecule has 1 nitrogen and oxygen atoms in total. The molecule has 86 valence electrons. The lowest BCUT2D eigenvalue weighted by molar-refractivity contribution is 0.261. The molecule has 0 aromatic heterocycles. The second-order valence-corrected chi connectivity index (χ2v) is 5.47. The summed E-state index contributed by atoms with van der Waals surface area (Å²) in [6.45, 7) is 0. The van der Waals surface area contributed by atoms with E-state index in [2.05, 4.69) is 24.3 Å². The van der Waals surface area contributed by atoms with E-state index in [1.165, 1.54) is 44.1 Å². The summed E-state index contributed by atoms with van der Waals surface area (Å²) in [5.41, 5.74) is 9.41. The minimum absolute atomic E-state index is 0.297. The van der Waals surface area contributed by atoms with Crippen molar-refractivity contribution in [2.45, 2.75) is 50.5 Å². The van der Waals surface area contributed by atoms with Gasteiger partial charge in [-0.25, -0.2) is 0 Å². The molecule has 0 radical (unpaired) electrons. The molecule has 1 aromatic rings. The summed E-state index contributed by atoms with van der Waals surface area (Å²) >= 11 is 0. The van der Waals surface area contributed by atoms with E-state index < -0.39 is 0 Å². The molecule has 1 atom stereocenters.